The summed E-state index contributed by atoms with van der Waals surface area (Å²) in [5, 5.41) is 0. The number of carbonyl (C=O) groups is 1. The monoisotopic (exact) mass is 510 g/mol. The maximum atomic E-state index is 13.6. The predicted molar refractivity (Wildman–Crippen MR) is 131 cm³/mol. The second-order valence-corrected chi connectivity index (χ2v) is 10.6. The van der Waals surface area contributed by atoms with Crippen LogP contribution in [0.3, 0.4) is 0 Å². The normalized spacial score (nSPS) is 22.8. The summed E-state index contributed by atoms with van der Waals surface area (Å²) in [7, 11) is 1.70. The highest BCUT2D eigenvalue weighted by molar-refractivity contribution is 9.10. The van der Waals surface area contributed by atoms with Crippen LogP contribution >= 0.6 is 15.9 Å². The minimum absolute atomic E-state index is 0.140. The molecule has 0 unspecified atom stereocenters. The van der Waals surface area contributed by atoms with E-state index >= 15 is 0 Å². The van der Waals surface area contributed by atoms with E-state index in [-0.39, 0.29) is 11.7 Å². The quantitative estimate of drug-likeness (QED) is 0.406. The predicted octanol–water partition coefficient (Wildman–Crippen LogP) is 5.68. The Hall–Kier alpha value is -0.980. The van der Waals surface area contributed by atoms with E-state index in [4.69, 9.17) is 4.74 Å². The van der Waals surface area contributed by atoms with Crippen LogP contribution in [-0.2, 0) is 16.0 Å². The van der Waals surface area contributed by atoms with Crippen molar-refractivity contribution in [3.63, 3.8) is 0 Å². The van der Waals surface area contributed by atoms with E-state index in [9.17, 15) is 9.18 Å². The maximum absolute atomic E-state index is 13.6. The summed E-state index contributed by atoms with van der Waals surface area (Å²) in [5.41, 5.74) is 1.10. The van der Waals surface area contributed by atoms with Gasteiger partial charge in [-0.1, -0.05) is 15.9 Å². The number of benzene rings is 1. The molecule has 32 heavy (non-hydrogen) atoms. The fourth-order valence-corrected chi connectivity index (χ4v) is 5.97. The molecule has 0 N–H and O–H groups in total. The Balaban J connectivity index is 1.31. The van der Waals surface area contributed by atoms with Gasteiger partial charge in [-0.3, -0.25) is 4.79 Å². The highest BCUT2D eigenvalue weighted by Crippen LogP contribution is 2.31. The lowest BCUT2D eigenvalue weighted by Gasteiger charge is -2.37. The SMILES string of the molecule is COCCN(C(C)=O)[C@H]1CC[C@H](CCCN2CCC(Cc3cc(F)ccc3Br)CC2)CC1. The van der Waals surface area contributed by atoms with Gasteiger partial charge in [-0.05, 0) is 113 Å². The molecule has 2 aliphatic rings. The first kappa shape index (κ1) is 25.6. The number of halogens is 2. The van der Waals surface area contributed by atoms with Gasteiger partial charge in [-0.2, -0.15) is 0 Å². The molecule has 0 atom stereocenters. The lowest BCUT2D eigenvalue weighted by molar-refractivity contribution is -0.132. The Morgan fingerprint density at radius 1 is 1.16 bits per heavy atom. The van der Waals surface area contributed by atoms with Crippen molar-refractivity contribution in [1.29, 1.82) is 0 Å². The molecule has 1 amide bonds. The zero-order valence-electron chi connectivity index (χ0n) is 19.8. The van der Waals surface area contributed by atoms with E-state index in [1.165, 1.54) is 51.1 Å². The Kier molecular flexibility index (Phi) is 10.5. The first-order chi connectivity index (χ1) is 15.5. The molecule has 1 aliphatic carbocycles. The smallest absolute Gasteiger partial charge is 0.219 e. The van der Waals surface area contributed by atoms with Crippen LogP contribution in [0.15, 0.2) is 22.7 Å². The second-order valence-electron chi connectivity index (χ2n) is 9.75. The number of methoxy groups -OCH3 is 1. The van der Waals surface area contributed by atoms with Crippen LogP contribution in [0.5, 0.6) is 0 Å². The average Bonchev–Trinajstić information content (AvgIpc) is 2.78. The van der Waals surface area contributed by atoms with Crippen LogP contribution in [0.4, 0.5) is 4.39 Å². The molecule has 3 rings (SSSR count). The van der Waals surface area contributed by atoms with E-state index < -0.39 is 0 Å². The van der Waals surface area contributed by atoms with Crippen molar-refractivity contribution in [2.75, 3.05) is 39.9 Å². The van der Waals surface area contributed by atoms with Crippen LogP contribution in [0.2, 0.25) is 0 Å². The zero-order valence-corrected chi connectivity index (χ0v) is 21.4. The highest BCUT2D eigenvalue weighted by atomic mass is 79.9. The van der Waals surface area contributed by atoms with Gasteiger partial charge >= 0.3 is 0 Å². The Morgan fingerprint density at radius 3 is 2.53 bits per heavy atom. The molecule has 1 heterocycles. The van der Waals surface area contributed by atoms with Crippen molar-refractivity contribution in [2.24, 2.45) is 11.8 Å². The van der Waals surface area contributed by atoms with Crippen molar-refractivity contribution < 1.29 is 13.9 Å². The molecule has 6 heteroatoms. The van der Waals surface area contributed by atoms with Gasteiger partial charge in [0, 0.05) is 31.1 Å². The van der Waals surface area contributed by atoms with Gasteiger partial charge in [-0.15, -0.1) is 0 Å². The summed E-state index contributed by atoms with van der Waals surface area (Å²) < 4.78 is 19.8. The molecule has 1 aliphatic heterocycles. The van der Waals surface area contributed by atoms with Crippen LogP contribution < -0.4 is 0 Å². The fourth-order valence-electron chi connectivity index (χ4n) is 5.56. The van der Waals surface area contributed by atoms with Crippen LogP contribution in [0.25, 0.3) is 0 Å². The van der Waals surface area contributed by atoms with E-state index in [1.807, 2.05) is 11.0 Å². The molecule has 0 spiro atoms. The van der Waals surface area contributed by atoms with Crippen molar-refractivity contribution >= 4 is 21.8 Å². The molecule has 1 saturated heterocycles. The number of nitrogens with zero attached hydrogens (tertiary/aromatic N) is 2. The number of ether oxygens (including phenoxy) is 1. The van der Waals surface area contributed by atoms with Crippen LogP contribution in [-0.4, -0.2) is 61.6 Å². The molecular formula is C26H40BrFN2O2. The Morgan fingerprint density at radius 2 is 1.88 bits per heavy atom. The van der Waals surface area contributed by atoms with Gasteiger partial charge in [0.2, 0.25) is 5.91 Å². The van der Waals surface area contributed by atoms with Gasteiger partial charge in [0.15, 0.2) is 0 Å². The standard InChI is InChI=1S/C26H40BrFN2O2/c1-20(31)30(16-17-32-2)25-8-5-21(6-9-25)4-3-13-29-14-11-22(12-15-29)18-23-19-24(28)7-10-26(23)27/h7,10,19,21-22,25H,3-6,8-9,11-18H2,1-2H3/t21-,25-. The number of hydrogen-bond acceptors (Lipinski definition) is 3. The van der Waals surface area contributed by atoms with Crippen molar-refractivity contribution in [3.05, 3.63) is 34.1 Å². The summed E-state index contributed by atoms with van der Waals surface area (Å²) >= 11 is 3.57. The summed E-state index contributed by atoms with van der Waals surface area (Å²) in [6, 6.07) is 5.42. The lowest BCUT2D eigenvalue weighted by atomic mass is 9.82. The van der Waals surface area contributed by atoms with Crippen molar-refractivity contribution in [3.8, 4) is 0 Å². The maximum Gasteiger partial charge on any atom is 0.219 e. The molecule has 1 aromatic rings. The highest BCUT2D eigenvalue weighted by Gasteiger charge is 2.27. The minimum Gasteiger partial charge on any atom is -0.383 e. The molecule has 1 aromatic carbocycles. The molecular weight excluding hydrogens is 471 g/mol. The van der Waals surface area contributed by atoms with Crippen LogP contribution in [0.1, 0.15) is 63.9 Å². The van der Waals surface area contributed by atoms with Gasteiger partial charge in [0.05, 0.1) is 6.61 Å². The first-order valence-electron chi connectivity index (χ1n) is 12.4. The molecule has 180 valence electrons. The largest absolute Gasteiger partial charge is 0.383 e. The minimum atomic E-state index is -0.140. The van der Waals surface area contributed by atoms with Gasteiger partial charge < -0.3 is 14.5 Å². The molecule has 0 radical (unpaired) electrons. The van der Waals surface area contributed by atoms with Gasteiger partial charge in [0.25, 0.3) is 0 Å². The Labute approximate surface area is 202 Å². The number of carbonyl (C=O) groups excluding carboxylic acids is 1. The average molecular weight is 512 g/mol. The number of amides is 1. The second kappa shape index (κ2) is 13.0. The molecule has 0 bridgehead atoms. The number of piperidine rings is 1. The third-order valence-corrected chi connectivity index (χ3v) is 8.28. The third kappa shape index (κ3) is 7.81. The molecule has 1 saturated carbocycles. The first-order valence-corrected chi connectivity index (χ1v) is 13.2. The summed E-state index contributed by atoms with van der Waals surface area (Å²) in [4.78, 5) is 16.6. The molecule has 4 nitrogen and oxygen atoms in total. The molecule has 2 fully saturated rings. The van der Waals surface area contributed by atoms with E-state index in [1.54, 1.807) is 20.1 Å². The topological polar surface area (TPSA) is 32.8 Å². The summed E-state index contributed by atoms with van der Waals surface area (Å²) in [6.07, 6.45) is 10.7. The summed E-state index contributed by atoms with van der Waals surface area (Å²) in [5.74, 6) is 1.50. The molecule has 0 aromatic heterocycles. The van der Waals surface area contributed by atoms with E-state index in [2.05, 4.69) is 20.8 Å². The van der Waals surface area contributed by atoms with E-state index in [0.29, 0.717) is 25.1 Å². The Bertz CT molecular complexity index is 716. The van der Waals surface area contributed by atoms with Crippen molar-refractivity contribution in [1.82, 2.24) is 9.80 Å². The number of rotatable bonds is 10. The summed E-state index contributed by atoms with van der Waals surface area (Å²) in [6.45, 7) is 6.55. The van der Waals surface area contributed by atoms with Gasteiger partial charge in [0.1, 0.15) is 5.82 Å². The number of likely N-dealkylation sites (tertiary alicyclic amines) is 1. The van der Waals surface area contributed by atoms with Crippen LogP contribution in [0, 0.1) is 17.7 Å². The number of hydrogen-bond donors (Lipinski definition) is 0. The van der Waals surface area contributed by atoms with Crippen molar-refractivity contribution in [2.45, 2.75) is 70.8 Å². The zero-order chi connectivity index (χ0) is 22.9. The third-order valence-electron chi connectivity index (χ3n) is 7.51. The van der Waals surface area contributed by atoms with Gasteiger partial charge in [-0.25, -0.2) is 4.39 Å². The lowest BCUT2D eigenvalue weighted by Crippen LogP contribution is -2.43. The van der Waals surface area contributed by atoms with E-state index in [0.717, 1.165) is 48.3 Å². The fraction of sp³-hybridized carbons (Fsp3) is 0.731.